The summed E-state index contributed by atoms with van der Waals surface area (Å²) in [7, 11) is 0. The Hall–Kier alpha value is -1.54. The SMILES string of the molecule is FC(F)(F)c1nc(S)c2cc(N3CCOCC3)ccc2n1. The van der Waals surface area contributed by atoms with Crippen LogP contribution in [0.15, 0.2) is 23.2 Å². The van der Waals surface area contributed by atoms with Crippen LogP contribution in [0, 0.1) is 0 Å². The quantitative estimate of drug-likeness (QED) is 0.649. The summed E-state index contributed by atoms with van der Waals surface area (Å²) < 4.78 is 43.3. The number of anilines is 1. The summed E-state index contributed by atoms with van der Waals surface area (Å²) in [5, 5.41) is 0.540. The van der Waals surface area contributed by atoms with Crippen molar-refractivity contribution in [2.75, 3.05) is 31.2 Å². The minimum absolute atomic E-state index is 0.0300. The van der Waals surface area contributed by atoms with Crippen molar-refractivity contribution in [2.24, 2.45) is 0 Å². The average Bonchev–Trinajstić information content (AvgIpc) is 2.47. The van der Waals surface area contributed by atoms with E-state index >= 15 is 0 Å². The molecule has 3 rings (SSSR count). The molecule has 0 unspecified atom stereocenters. The predicted octanol–water partition coefficient (Wildman–Crippen LogP) is 2.77. The van der Waals surface area contributed by atoms with Crippen LogP contribution in [-0.4, -0.2) is 36.3 Å². The summed E-state index contributed by atoms with van der Waals surface area (Å²) in [6.45, 7) is 2.76. The zero-order valence-corrected chi connectivity index (χ0v) is 11.8. The Morgan fingerprint density at radius 3 is 2.52 bits per heavy atom. The maximum absolute atomic E-state index is 12.7. The lowest BCUT2D eigenvalue weighted by molar-refractivity contribution is -0.145. The number of thiol groups is 1. The Kier molecular flexibility index (Phi) is 3.66. The van der Waals surface area contributed by atoms with Gasteiger partial charge in [0, 0.05) is 24.2 Å². The van der Waals surface area contributed by atoms with Crippen molar-refractivity contribution >= 4 is 29.2 Å². The van der Waals surface area contributed by atoms with Gasteiger partial charge in [-0.1, -0.05) is 0 Å². The second-order valence-corrected chi connectivity index (χ2v) is 5.09. The third-order valence-electron chi connectivity index (χ3n) is 3.29. The zero-order chi connectivity index (χ0) is 15.0. The van der Waals surface area contributed by atoms with Gasteiger partial charge in [-0.2, -0.15) is 13.2 Å². The zero-order valence-electron chi connectivity index (χ0n) is 10.9. The lowest BCUT2D eigenvalue weighted by Gasteiger charge is -2.29. The highest BCUT2D eigenvalue weighted by Gasteiger charge is 2.35. The number of aromatic nitrogens is 2. The summed E-state index contributed by atoms with van der Waals surface area (Å²) in [6, 6.07) is 5.09. The van der Waals surface area contributed by atoms with Gasteiger partial charge < -0.3 is 9.64 Å². The van der Waals surface area contributed by atoms with E-state index in [0.717, 1.165) is 18.8 Å². The highest BCUT2D eigenvalue weighted by Crippen LogP contribution is 2.31. The van der Waals surface area contributed by atoms with Crippen LogP contribution >= 0.6 is 12.6 Å². The summed E-state index contributed by atoms with van der Waals surface area (Å²) >= 11 is 4.07. The molecule has 0 aliphatic carbocycles. The largest absolute Gasteiger partial charge is 0.451 e. The van der Waals surface area contributed by atoms with Gasteiger partial charge in [0.1, 0.15) is 5.03 Å². The maximum Gasteiger partial charge on any atom is 0.451 e. The Balaban J connectivity index is 2.04. The van der Waals surface area contributed by atoms with Crippen molar-refractivity contribution in [1.82, 2.24) is 9.97 Å². The monoisotopic (exact) mass is 315 g/mol. The highest BCUT2D eigenvalue weighted by atomic mass is 32.1. The Bertz CT molecular complexity index is 671. The maximum atomic E-state index is 12.7. The van der Waals surface area contributed by atoms with Crippen LogP contribution < -0.4 is 4.90 Å². The first-order valence-electron chi connectivity index (χ1n) is 6.36. The molecule has 4 nitrogen and oxygen atoms in total. The van der Waals surface area contributed by atoms with Gasteiger partial charge in [-0.3, -0.25) is 0 Å². The van der Waals surface area contributed by atoms with Crippen molar-refractivity contribution in [3.05, 3.63) is 24.0 Å². The second kappa shape index (κ2) is 5.34. The average molecular weight is 315 g/mol. The molecule has 0 amide bonds. The standard InChI is InChI=1S/C13H12F3N3OS/c14-13(15,16)12-17-10-2-1-8(7-9(10)11(21)18-12)19-3-5-20-6-4-19/h1-2,7H,3-6H2,(H,17,18,21). The van der Waals surface area contributed by atoms with Crippen molar-refractivity contribution in [3.8, 4) is 0 Å². The third-order valence-corrected chi connectivity index (χ3v) is 3.63. The second-order valence-electron chi connectivity index (χ2n) is 4.67. The van der Waals surface area contributed by atoms with E-state index in [1.54, 1.807) is 18.2 Å². The van der Waals surface area contributed by atoms with Gasteiger partial charge in [-0.15, -0.1) is 12.6 Å². The number of nitrogens with zero attached hydrogens (tertiary/aromatic N) is 3. The van der Waals surface area contributed by atoms with Gasteiger partial charge in [-0.05, 0) is 18.2 Å². The number of hydrogen-bond donors (Lipinski definition) is 1. The fraction of sp³-hybridized carbons (Fsp3) is 0.385. The number of fused-ring (bicyclic) bond motifs is 1. The van der Waals surface area contributed by atoms with Crippen LogP contribution in [0.4, 0.5) is 18.9 Å². The van der Waals surface area contributed by atoms with E-state index in [1.807, 2.05) is 0 Å². The van der Waals surface area contributed by atoms with Crippen LogP contribution in [0.2, 0.25) is 0 Å². The van der Waals surface area contributed by atoms with E-state index in [1.165, 1.54) is 0 Å². The van der Waals surface area contributed by atoms with Gasteiger partial charge in [0.05, 0.1) is 18.7 Å². The fourth-order valence-electron chi connectivity index (χ4n) is 2.25. The molecule has 0 radical (unpaired) electrons. The molecule has 0 bridgehead atoms. The number of alkyl halides is 3. The van der Waals surface area contributed by atoms with Crippen LogP contribution in [0.25, 0.3) is 10.9 Å². The first-order chi connectivity index (χ1) is 9.95. The number of morpholine rings is 1. The molecule has 1 fully saturated rings. The Morgan fingerprint density at radius 2 is 1.86 bits per heavy atom. The molecule has 0 atom stereocenters. The number of rotatable bonds is 1. The molecule has 1 aliphatic heterocycles. The molecule has 21 heavy (non-hydrogen) atoms. The Morgan fingerprint density at radius 1 is 1.14 bits per heavy atom. The van der Waals surface area contributed by atoms with E-state index < -0.39 is 12.0 Å². The summed E-state index contributed by atoms with van der Waals surface area (Å²) in [5.74, 6) is -1.17. The molecular formula is C13H12F3N3OS. The van der Waals surface area contributed by atoms with Crippen LogP contribution in [0.1, 0.15) is 5.82 Å². The molecule has 2 heterocycles. The number of hydrogen-bond acceptors (Lipinski definition) is 5. The van der Waals surface area contributed by atoms with Crippen LogP contribution in [0.5, 0.6) is 0 Å². The van der Waals surface area contributed by atoms with Crippen LogP contribution in [0.3, 0.4) is 0 Å². The summed E-state index contributed by atoms with van der Waals surface area (Å²) in [4.78, 5) is 9.11. The van der Waals surface area contributed by atoms with E-state index in [-0.39, 0.29) is 10.5 Å². The molecule has 8 heteroatoms. The first-order valence-corrected chi connectivity index (χ1v) is 6.80. The lowest BCUT2D eigenvalue weighted by atomic mass is 10.2. The topological polar surface area (TPSA) is 38.2 Å². The van der Waals surface area contributed by atoms with Crippen molar-refractivity contribution in [2.45, 2.75) is 11.2 Å². The van der Waals surface area contributed by atoms with Gasteiger partial charge in [-0.25, -0.2) is 9.97 Å². The lowest BCUT2D eigenvalue weighted by Crippen LogP contribution is -2.36. The van der Waals surface area contributed by atoms with Gasteiger partial charge in [0.2, 0.25) is 5.82 Å². The normalized spacial score (nSPS) is 16.5. The molecule has 1 aromatic carbocycles. The summed E-state index contributed by atoms with van der Waals surface area (Å²) in [6.07, 6.45) is -4.57. The van der Waals surface area contributed by atoms with Gasteiger partial charge in [0.25, 0.3) is 0 Å². The molecule has 0 N–H and O–H groups in total. The van der Waals surface area contributed by atoms with E-state index in [2.05, 4.69) is 27.5 Å². The molecule has 1 aliphatic rings. The van der Waals surface area contributed by atoms with Gasteiger partial charge in [0.15, 0.2) is 0 Å². The number of ether oxygens (including phenoxy) is 1. The van der Waals surface area contributed by atoms with Crippen LogP contribution in [-0.2, 0) is 10.9 Å². The predicted molar refractivity (Wildman–Crippen MR) is 74.8 cm³/mol. The van der Waals surface area contributed by atoms with Crippen molar-refractivity contribution in [3.63, 3.8) is 0 Å². The summed E-state index contributed by atoms with van der Waals surface area (Å²) in [5.41, 5.74) is 1.14. The molecule has 1 aromatic heterocycles. The molecule has 0 saturated carbocycles. The smallest absolute Gasteiger partial charge is 0.378 e. The van der Waals surface area contributed by atoms with E-state index in [4.69, 9.17) is 4.74 Å². The first kappa shape index (κ1) is 14.4. The number of benzene rings is 1. The Labute approximate surface area is 124 Å². The molecule has 112 valence electrons. The highest BCUT2D eigenvalue weighted by molar-refractivity contribution is 7.80. The van der Waals surface area contributed by atoms with Gasteiger partial charge >= 0.3 is 6.18 Å². The van der Waals surface area contributed by atoms with Crippen molar-refractivity contribution in [1.29, 1.82) is 0 Å². The van der Waals surface area contributed by atoms with Crippen molar-refractivity contribution < 1.29 is 17.9 Å². The molecule has 1 saturated heterocycles. The van der Waals surface area contributed by atoms with E-state index in [0.29, 0.717) is 18.6 Å². The number of halogens is 3. The van der Waals surface area contributed by atoms with E-state index in [9.17, 15) is 13.2 Å². The molecular weight excluding hydrogens is 303 g/mol. The minimum atomic E-state index is -4.57. The molecule has 2 aromatic rings. The minimum Gasteiger partial charge on any atom is -0.378 e. The third kappa shape index (κ3) is 2.91. The fourth-order valence-corrected chi connectivity index (χ4v) is 2.52. The molecule has 0 spiro atoms.